The third kappa shape index (κ3) is 18.8. The van der Waals surface area contributed by atoms with Crippen LogP contribution >= 0.6 is 0 Å². The van der Waals surface area contributed by atoms with Crippen LogP contribution in [0, 0.1) is 0 Å². The van der Waals surface area contributed by atoms with E-state index in [1.54, 1.807) is 0 Å². The summed E-state index contributed by atoms with van der Waals surface area (Å²) in [6, 6.07) is 0. The fourth-order valence-electron chi connectivity index (χ4n) is 0. The van der Waals surface area contributed by atoms with E-state index >= 15 is 0 Å². The monoisotopic (exact) mass is 232 g/mol. The van der Waals surface area contributed by atoms with Crippen molar-refractivity contribution < 1.29 is 64.3 Å². The Balaban J connectivity index is 0. The number of rotatable bonds is 0. The molecule has 2 radical (unpaired) electrons. The molecule has 0 amide bonds. The van der Waals surface area contributed by atoms with Crippen molar-refractivity contribution in [3.63, 3.8) is 0 Å². The van der Waals surface area contributed by atoms with Gasteiger partial charge in [0.2, 0.25) is 0 Å². The molecule has 0 aromatic carbocycles. The summed E-state index contributed by atoms with van der Waals surface area (Å²) in [7, 11) is 0. The fourth-order valence-corrected chi connectivity index (χ4v) is 0. The second kappa shape index (κ2) is 26.5. The fraction of sp³-hybridized carbons (Fsp3) is 0. The molecule has 0 fully saturated rings. The van der Waals surface area contributed by atoms with Gasteiger partial charge in [-0.15, -0.1) is 0 Å². The Morgan fingerprint density at radius 1 is 1.00 bits per heavy atom. The molecule has 0 nitrogen and oxygen atoms in total. The van der Waals surface area contributed by atoms with Gasteiger partial charge in [-0.1, -0.05) is 0 Å². The SMILES string of the molecule is [Co].[GaH3].[LiH].[Sc].[Ti]. The van der Waals surface area contributed by atoms with Crippen molar-refractivity contribution in [2.75, 3.05) is 0 Å². The van der Waals surface area contributed by atoms with E-state index in [0.29, 0.717) is 0 Å². The van der Waals surface area contributed by atoms with Crippen molar-refractivity contribution in [2.24, 2.45) is 0 Å². The second-order valence-corrected chi connectivity index (χ2v) is 0. The normalized spacial score (nSPS) is 0. The minimum Gasteiger partial charge on any atom is 0 e. The molecule has 0 bridgehead atoms. The summed E-state index contributed by atoms with van der Waals surface area (Å²) in [6.45, 7) is 0. The molecule has 0 N–H and O–H groups in total. The molecule has 0 heterocycles. The second-order valence-electron chi connectivity index (χ2n) is 0. The van der Waals surface area contributed by atoms with Crippen LogP contribution in [-0.4, -0.2) is 38.7 Å². The predicted molar refractivity (Wildman–Crippen MR) is 17.1 cm³/mol. The van der Waals surface area contributed by atoms with Gasteiger partial charge in [0, 0.05) is 64.3 Å². The molecule has 5 heavy (non-hydrogen) atoms. The Bertz CT molecular complexity index is 11.6. The van der Waals surface area contributed by atoms with Crippen LogP contribution in [0.15, 0.2) is 0 Å². The number of hydrogen-bond acceptors (Lipinski definition) is 0. The molecule has 0 aliphatic rings. The van der Waals surface area contributed by atoms with Gasteiger partial charge in [0.05, 0.1) is 0 Å². The Morgan fingerprint density at radius 3 is 1.00 bits per heavy atom. The van der Waals surface area contributed by atoms with Crippen LogP contribution in [0.5, 0.6) is 0 Å². The minimum atomic E-state index is 0. The molecular weight excluding hydrogens is 228 g/mol. The molecule has 0 aromatic rings. The van der Waals surface area contributed by atoms with Crippen molar-refractivity contribution in [3.05, 3.63) is 0 Å². The first-order valence-corrected chi connectivity index (χ1v) is 0. The average molecular weight is 232 g/mol. The smallest absolute Gasteiger partial charge is 0 e. The largest absolute Gasteiger partial charge is 0 e. The molecular formula is H4CoGaLiScTi. The van der Waals surface area contributed by atoms with Gasteiger partial charge in [-0.3, -0.25) is 0 Å². The summed E-state index contributed by atoms with van der Waals surface area (Å²) >= 11 is 0. The van der Waals surface area contributed by atoms with Gasteiger partial charge in [-0.25, -0.2) is 0 Å². The maximum Gasteiger partial charge on any atom is 0 e. The zero-order valence-electron chi connectivity index (χ0n) is 1.41. The molecule has 0 aliphatic heterocycles. The first-order chi connectivity index (χ1) is 0. The van der Waals surface area contributed by atoms with Gasteiger partial charge < -0.3 is 0 Å². The van der Waals surface area contributed by atoms with E-state index in [-0.39, 0.29) is 103 Å². The van der Waals surface area contributed by atoms with E-state index < -0.39 is 0 Å². The molecule has 0 unspecified atom stereocenters. The van der Waals surface area contributed by atoms with E-state index in [4.69, 9.17) is 0 Å². The zero-order chi connectivity index (χ0) is 0. The van der Waals surface area contributed by atoms with Crippen LogP contribution in [0.4, 0.5) is 0 Å². The van der Waals surface area contributed by atoms with Crippen molar-refractivity contribution >= 4 is 38.7 Å². The molecule has 5 heteroatoms. The Labute approximate surface area is 101 Å². The standard InChI is InChI=1S/Co.Ga.Li.Sc.Ti.4H. The minimum absolute atomic E-state index is 0. The zero-order valence-corrected chi connectivity index (χ0v) is 5.82. The van der Waals surface area contributed by atoms with Crippen LogP contribution in [-0.2, 0) is 64.3 Å². The van der Waals surface area contributed by atoms with Crippen LogP contribution < -0.4 is 0 Å². The van der Waals surface area contributed by atoms with Crippen LogP contribution in [0.25, 0.3) is 0 Å². The third-order valence-electron chi connectivity index (χ3n) is 0. The summed E-state index contributed by atoms with van der Waals surface area (Å²) in [5.41, 5.74) is 0. The molecule has 0 atom stereocenters. The molecule has 0 saturated heterocycles. The van der Waals surface area contributed by atoms with Gasteiger partial charge in [0.15, 0.2) is 0 Å². The van der Waals surface area contributed by atoms with E-state index in [2.05, 4.69) is 0 Å². The van der Waals surface area contributed by atoms with Crippen molar-refractivity contribution in [1.29, 1.82) is 0 Å². The van der Waals surface area contributed by atoms with E-state index in [0.717, 1.165) is 0 Å². The van der Waals surface area contributed by atoms with Crippen LogP contribution in [0.2, 0.25) is 0 Å². The summed E-state index contributed by atoms with van der Waals surface area (Å²) in [4.78, 5) is 0. The van der Waals surface area contributed by atoms with Gasteiger partial charge in [-0.2, -0.15) is 0 Å². The maximum absolute atomic E-state index is 0. The summed E-state index contributed by atoms with van der Waals surface area (Å²) in [6.07, 6.45) is 0. The molecule has 0 saturated carbocycles. The molecule has 0 aromatic heterocycles. The van der Waals surface area contributed by atoms with Crippen molar-refractivity contribution in [1.82, 2.24) is 0 Å². The summed E-state index contributed by atoms with van der Waals surface area (Å²) < 4.78 is 0. The van der Waals surface area contributed by atoms with Crippen LogP contribution in [0.3, 0.4) is 0 Å². The third-order valence-corrected chi connectivity index (χ3v) is 0. The first kappa shape index (κ1) is 40.4. The Kier molecular flexibility index (Phi) is 214. The van der Waals surface area contributed by atoms with Crippen molar-refractivity contribution in [3.8, 4) is 0 Å². The van der Waals surface area contributed by atoms with Gasteiger partial charge >= 0.3 is 38.7 Å². The quantitative estimate of drug-likeness (QED) is 0.431. The summed E-state index contributed by atoms with van der Waals surface area (Å²) in [5, 5.41) is 0. The molecule has 0 rings (SSSR count). The van der Waals surface area contributed by atoms with E-state index in [1.165, 1.54) is 0 Å². The average Bonchev–Trinajstić information content (AvgIpc) is 0. The van der Waals surface area contributed by atoms with Gasteiger partial charge in [0.1, 0.15) is 0 Å². The number of hydrogen-bond donors (Lipinski definition) is 0. The van der Waals surface area contributed by atoms with Crippen molar-refractivity contribution in [2.45, 2.75) is 0 Å². The first-order valence-electron chi connectivity index (χ1n) is 0. The molecule has 0 spiro atoms. The predicted octanol–water partition coefficient (Wildman–Crippen LogP) is -1.84. The van der Waals surface area contributed by atoms with Gasteiger partial charge in [0.25, 0.3) is 0 Å². The van der Waals surface area contributed by atoms with Crippen LogP contribution in [0.1, 0.15) is 0 Å². The maximum atomic E-state index is 0. The topological polar surface area (TPSA) is 0 Å². The van der Waals surface area contributed by atoms with Gasteiger partial charge in [-0.05, 0) is 0 Å². The van der Waals surface area contributed by atoms with E-state index in [9.17, 15) is 0 Å². The Hall–Kier alpha value is 3.32. The summed E-state index contributed by atoms with van der Waals surface area (Å²) in [5.74, 6) is 0. The van der Waals surface area contributed by atoms with E-state index in [1.807, 2.05) is 0 Å². The molecule has 24 valence electrons. The molecule has 0 aliphatic carbocycles. The Morgan fingerprint density at radius 2 is 1.00 bits per heavy atom.